The van der Waals surface area contributed by atoms with Crippen molar-refractivity contribution in [2.45, 2.75) is 19.0 Å². The SMILES string of the molecule is C=CCOc1ccc(-c2nnc(N(CC3CC3)C(=O)c3ccccc3Cl)s2)c(C(F)(F)F)c1. The number of ether oxygens (including phenoxy) is 1. The van der Waals surface area contributed by atoms with Crippen LogP contribution in [0.1, 0.15) is 28.8 Å². The average molecular weight is 494 g/mol. The maximum absolute atomic E-state index is 13.8. The quantitative estimate of drug-likeness (QED) is 0.336. The van der Waals surface area contributed by atoms with E-state index in [-0.39, 0.29) is 34.0 Å². The number of carbonyl (C=O) groups excluding carboxylic acids is 1. The summed E-state index contributed by atoms with van der Waals surface area (Å²) < 4.78 is 46.6. The molecule has 0 unspecified atom stereocenters. The molecule has 0 radical (unpaired) electrons. The first kappa shape index (κ1) is 23.3. The smallest absolute Gasteiger partial charge is 0.417 e. The fourth-order valence-corrected chi connectivity index (χ4v) is 4.32. The van der Waals surface area contributed by atoms with Crippen LogP contribution in [0.5, 0.6) is 5.75 Å². The van der Waals surface area contributed by atoms with Gasteiger partial charge >= 0.3 is 6.18 Å². The highest BCUT2D eigenvalue weighted by Crippen LogP contribution is 2.42. The van der Waals surface area contributed by atoms with Crippen LogP contribution in [0.4, 0.5) is 18.3 Å². The van der Waals surface area contributed by atoms with Gasteiger partial charge < -0.3 is 4.74 Å². The van der Waals surface area contributed by atoms with Crippen LogP contribution in [0, 0.1) is 5.92 Å². The molecule has 2 aromatic carbocycles. The molecule has 1 fully saturated rings. The molecule has 0 atom stereocenters. The van der Waals surface area contributed by atoms with Crippen molar-refractivity contribution in [3.05, 3.63) is 71.3 Å². The number of halogens is 4. The lowest BCUT2D eigenvalue weighted by Crippen LogP contribution is -2.33. The normalized spacial score (nSPS) is 13.6. The molecule has 0 bridgehead atoms. The molecule has 1 aliphatic carbocycles. The van der Waals surface area contributed by atoms with E-state index in [9.17, 15) is 18.0 Å². The van der Waals surface area contributed by atoms with Crippen molar-refractivity contribution in [2.24, 2.45) is 5.92 Å². The Labute approximate surface area is 197 Å². The van der Waals surface area contributed by atoms with E-state index in [0.29, 0.717) is 23.0 Å². The highest BCUT2D eigenvalue weighted by atomic mass is 35.5. The Morgan fingerprint density at radius 1 is 1.24 bits per heavy atom. The predicted molar refractivity (Wildman–Crippen MR) is 122 cm³/mol. The largest absolute Gasteiger partial charge is 0.490 e. The third-order valence-corrected chi connectivity index (χ3v) is 6.34. The Balaban J connectivity index is 1.70. The van der Waals surface area contributed by atoms with Gasteiger partial charge in [-0.3, -0.25) is 9.69 Å². The van der Waals surface area contributed by atoms with Gasteiger partial charge in [0.2, 0.25) is 5.13 Å². The third kappa shape index (κ3) is 5.36. The zero-order valence-corrected chi connectivity index (χ0v) is 18.9. The van der Waals surface area contributed by atoms with Gasteiger partial charge in [0.1, 0.15) is 17.4 Å². The molecule has 1 amide bonds. The molecule has 3 aromatic rings. The van der Waals surface area contributed by atoms with E-state index in [1.165, 1.54) is 23.1 Å². The summed E-state index contributed by atoms with van der Waals surface area (Å²) in [5.74, 6) is 0.0233. The second kappa shape index (κ2) is 9.52. The lowest BCUT2D eigenvalue weighted by Gasteiger charge is -2.19. The molecule has 10 heteroatoms. The van der Waals surface area contributed by atoms with Crippen molar-refractivity contribution in [2.75, 3.05) is 18.1 Å². The van der Waals surface area contributed by atoms with Crippen molar-refractivity contribution in [3.8, 4) is 16.3 Å². The molecular formula is C23H19ClF3N3O2S. The minimum absolute atomic E-state index is 0.0559. The summed E-state index contributed by atoms with van der Waals surface area (Å²) >= 11 is 7.13. The summed E-state index contributed by atoms with van der Waals surface area (Å²) in [4.78, 5) is 14.7. The zero-order chi connectivity index (χ0) is 23.6. The summed E-state index contributed by atoms with van der Waals surface area (Å²) in [6.45, 7) is 3.98. The number of amides is 1. The lowest BCUT2D eigenvalue weighted by atomic mass is 10.1. The lowest BCUT2D eigenvalue weighted by molar-refractivity contribution is -0.137. The summed E-state index contributed by atoms with van der Waals surface area (Å²) in [6, 6.07) is 10.3. The molecule has 33 heavy (non-hydrogen) atoms. The van der Waals surface area contributed by atoms with Crippen molar-refractivity contribution in [3.63, 3.8) is 0 Å². The molecule has 0 aliphatic heterocycles. The fraction of sp³-hybridized carbons (Fsp3) is 0.261. The number of carbonyl (C=O) groups is 1. The van der Waals surface area contributed by atoms with E-state index >= 15 is 0 Å². The van der Waals surface area contributed by atoms with Crippen molar-refractivity contribution >= 4 is 34.0 Å². The van der Waals surface area contributed by atoms with Gasteiger partial charge in [0, 0.05) is 12.1 Å². The standard InChI is InChI=1S/C23H19ClF3N3O2S/c1-2-11-32-15-9-10-16(18(12-15)23(25,26)27)20-28-29-22(33-20)30(13-14-7-8-14)21(31)17-5-3-4-6-19(17)24/h2-6,9-10,12,14H,1,7-8,11,13H2. The molecule has 1 aliphatic rings. The van der Waals surface area contributed by atoms with Crippen LogP contribution in [-0.2, 0) is 6.18 Å². The topological polar surface area (TPSA) is 55.3 Å². The molecule has 0 saturated heterocycles. The Morgan fingerprint density at radius 3 is 2.67 bits per heavy atom. The third-order valence-electron chi connectivity index (χ3n) is 5.03. The maximum Gasteiger partial charge on any atom is 0.417 e. The van der Waals surface area contributed by atoms with Crippen LogP contribution in [0.3, 0.4) is 0 Å². The van der Waals surface area contributed by atoms with Crippen LogP contribution in [0.25, 0.3) is 10.6 Å². The summed E-state index contributed by atoms with van der Waals surface area (Å²) in [7, 11) is 0. The molecule has 4 rings (SSSR count). The number of aromatic nitrogens is 2. The fourth-order valence-electron chi connectivity index (χ4n) is 3.21. The Morgan fingerprint density at radius 2 is 2.00 bits per heavy atom. The van der Waals surface area contributed by atoms with Crippen LogP contribution in [-0.4, -0.2) is 29.3 Å². The number of rotatable bonds is 8. The molecule has 5 nitrogen and oxygen atoms in total. The minimum atomic E-state index is -4.63. The highest BCUT2D eigenvalue weighted by molar-refractivity contribution is 7.18. The molecule has 0 N–H and O–H groups in total. The second-order valence-corrected chi connectivity index (χ2v) is 8.90. The number of alkyl halides is 3. The molecule has 1 heterocycles. The van der Waals surface area contributed by atoms with E-state index in [2.05, 4.69) is 16.8 Å². The van der Waals surface area contributed by atoms with Gasteiger partial charge in [-0.2, -0.15) is 13.2 Å². The Kier molecular flexibility index (Phi) is 6.71. The minimum Gasteiger partial charge on any atom is -0.490 e. The maximum atomic E-state index is 13.8. The molecule has 0 spiro atoms. The first-order valence-electron chi connectivity index (χ1n) is 10.1. The molecular weight excluding hydrogens is 475 g/mol. The molecule has 1 aromatic heterocycles. The van der Waals surface area contributed by atoms with Gasteiger partial charge in [0.15, 0.2) is 0 Å². The van der Waals surface area contributed by atoms with Crippen LogP contribution in [0.2, 0.25) is 5.02 Å². The van der Waals surface area contributed by atoms with Crippen molar-refractivity contribution in [1.29, 1.82) is 0 Å². The van der Waals surface area contributed by atoms with Crippen LogP contribution in [0.15, 0.2) is 55.1 Å². The first-order chi connectivity index (χ1) is 15.8. The molecule has 172 valence electrons. The number of benzene rings is 2. The van der Waals surface area contributed by atoms with E-state index < -0.39 is 11.7 Å². The van der Waals surface area contributed by atoms with Gasteiger partial charge in [0.05, 0.1) is 16.1 Å². The van der Waals surface area contributed by atoms with Gasteiger partial charge in [-0.1, -0.05) is 47.7 Å². The zero-order valence-electron chi connectivity index (χ0n) is 17.3. The first-order valence-corrected chi connectivity index (χ1v) is 11.3. The van der Waals surface area contributed by atoms with E-state index in [4.69, 9.17) is 16.3 Å². The van der Waals surface area contributed by atoms with Gasteiger partial charge in [0.25, 0.3) is 5.91 Å². The van der Waals surface area contributed by atoms with Gasteiger partial charge in [-0.15, -0.1) is 10.2 Å². The van der Waals surface area contributed by atoms with Crippen LogP contribution < -0.4 is 9.64 Å². The highest BCUT2D eigenvalue weighted by Gasteiger charge is 2.36. The number of anilines is 1. The number of hydrogen-bond acceptors (Lipinski definition) is 5. The average Bonchev–Trinajstić information content (AvgIpc) is 3.49. The Hall–Kier alpha value is -2.91. The van der Waals surface area contributed by atoms with E-state index in [1.54, 1.807) is 24.3 Å². The number of nitrogens with zero attached hydrogens (tertiary/aromatic N) is 3. The summed E-state index contributed by atoms with van der Waals surface area (Å²) in [5.41, 5.74) is -0.719. The second-order valence-electron chi connectivity index (χ2n) is 7.53. The monoisotopic (exact) mass is 493 g/mol. The van der Waals surface area contributed by atoms with E-state index in [0.717, 1.165) is 30.2 Å². The van der Waals surface area contributed by atoms with Crippen LogP contribution >= 0.6 is 22.9 Å². The van der Waals surface area contributed by atoms with Crippen molar-refractivity contribution in [1.82, 2.24) is 10.2 Å². The van der Waals surface area contributed by atoms with E-state index in [1.807, 2.05) is 0 Å². The van der Waals surface area contributed by atoms with Crippen molar-refractivity contribution < 1.29 is 22.7 Å². The van der Waals surface area contributed by atoms with Gasteiger partial charge in [-0.25, -0.2) is 0 Å². The molecule has 1 saturated carbocycles. The number of hydrogen-bond donors (Lipinski definition) is 0. The van der Waals surface area contributed by atoms with Gasteiger partial charge in [-0.05, 0) is 49.1 Å². The predicted octanol–water partition coefficient (Wildman–Crippen LogP) is 6.50. The summed E-state index contributed by atoms with van der Waals surface area (Å²) in [5, 5.41) is 8.62. The Bertz CT molecular complexity index is 1180. The summed E-state index contributed by atoms with van der Waals surface area (Å²) in [6.07, 6.45) is -1.23.